The molecule has 0 unspecified atom stereocenters. The minimum absolute atomic E-state index is 0.0100. The average Bonchev–Trinajstić information content (AvgIpc) is 3.19. The van der Waals surface area contributed by atoms with Gasteiger partial charge in [-0.1, -0.05) is 0 Å². The summed E-state index contributed by atoms with van der Waals surface area (Å²) in [6, 6.07) is 5.98. The third kappa shape index (κ3) is 2.94. The average molecular weight is 326 g/mol. The molecule has 2 aromatic rings. The number of likely N-dealkylation sites (tertiary alicyclic amines) is 1. The highest BCUT2D eigenvalue weighted by atomic mass is 16.5. The largest absolute Gasteiger partial charge is 0.384 e. The van der Waals surface area contributed by atoms with Crippen LogP contribution in [0.1, 0.15) is 46.4 Å². The van der Waals surface area contributed by atoms with Gasteiger partial charge < -0.3 is 9.64 Å². The van der Waals surface area contributed by atoms with Gasteiger partial charge in [0.2, 0.25) is 0 Å². The second-order valence-electron chi connectivity index (χ2n) is 6.80. The SMILES string of the molecule is COC[C@@H]1CN(C(=O)c2cc(C3CC3)[nH]n2)C[C@H]1c1ccncc1. The Labute approximate surface area is 141 Å². The van der Waals surface area contributed by atoms with Crippen LogP contribution in [0.4, 0.5) is 0 Å². The first-order chi connectivity index (χ1) is 11.8. The van der Waals surface area contributed by atoms with Crippen LogP contribution >= 0.6 is 0 Å². The van der Waals surface area contributed by atoms with E-state index in [1.807, 2.05) is 23.1 Å². The van der Waals surface area contributed by atoms with Crippen LogP contribution in [0.3, 0.4) is 0 Å². The monoisotopic (exact) mass is 326 g/mol. The fraction of sp³-hybridized carbons (Fsp3) is 0.500. The molecule has 1 N–H and O–H groups in total. The molecule has 2 aromatic heterocycles. The van der Waals surface area contributed by atoms with Gasteiger partial charge in [0.15, 0.2) is 0 Å². The van der Waals surface area contributed by atoms with Gasteiger partial charge in [0.25, 0.3) is 5.91 Å². The minimum Gasteiger partial charge on any atom is -0.384 e. The van der Waals surface area contributed by atoms with Gasteiger partial charge in [-0.2, -0.15) is 5.10 Å². The van der Waals surface area contributed by atoms with Crippen molar-refractivity contribution < 1.29 is 9.53 Å². The number of aromatic nitrogens is 3. The molecule has 0 radical (unpaired) electrons. The number of ether oxygens (including phenoxy) is 1. The van der Waals surface area contributed by atoms with Crippen LogP contribution in [0.2, 0.25) is 0 Å². The predicted molar refractivity (Wildman–Crippen MR) is 88.8 cm³/mol. The molecule has 0 aromatic carbocycles. The number of pyridine rings is 1. The fourth-order valence-corrected chi connectivity index (χ4v) is 3.62. The van der Waals surface area contributed by atoms with Gasteiger partial charge in [-0.25, -0.2) is 0 Å². The Morgan fingerprint density at radius 2 is 2.12 bits per heavy atom. The van der Waals surface area contributed by atoms with Gasteiger partial charge in [-0.15, -0.1) is 0 Å². The summed E-state index contributed by atoms with van der Waals surface area (Å²) in [4.78, 5) is 18.8. The molecule has 1 saturated carbocycles. The summed E-state index contributed by atoms with van der Waals surface area (Å²) in [6.45, 7) is 2.04. The number of nitrogens with one attached hydrogen (secondary N) is 1. The number of amides is 1. The van der Waals surface area contributed by atoms with E-state index in [0.717, 1.165) is 5.69 Å². The van der Waals surface area contributed by atoms with Gasteiger partial charge >= 0.3 is 0 Å². The molecule has 3 heterocycles. The van der Waals surface area contributed by atoms with Crippen molar-refractivity contribution in [2.24, 2.45) is 5.92 Å². The zero-order chi connectivity index (χ0) is 16.5. The van der Waals surface area contributed by atoms with Crippen molar-refractivity contribution >= 4 is 5.91 Å². The number of carbonyl (C=O) groups excluding carboxylic acids is 1. The van der Waals surface area contributed by atoms with Crippen LogP contribution < -0.4 is 0 Å². The maximum atomic E-state index is 12.8. The Balaban J connectivity index is 1.51. The van der Waals surface area contributed by atoms with Gasteiger partial charge in [-0.05, 0) is 36.6 Å². The number of nitrogens with zero attached hydrogens (tertiary/aromatic N) is 3. The van der Waals surface area contributed by atoms with E-state index < -0.39 is 0 Å². The lowest BCUT2D eigenvalue weighted by Gasteiger charge is -2.17. The molecule has 6 nitrogen and oxygen atoms in total. The molecule has 1 aliphatic heterocycles. The number of hydrogen-bond acceptors (Lipinski definition) is 4. The normalized spacial score (nSPS) is 23.6. The molecule has 1 amide bonds. The lowest BCUT2D eigenvalue weighted by Crippen LogP contribution is -2.29. The highest BCUT2D eigenvalue weighted by Gasteiger charge is 2.37. The second kappa shape index (κ2) is 6.36. The van der Waals surface area contributed by atoms with E-state index in [4.69, 9.17) is 4.74 Å². The summed E-state index contributed by atoms with van der Waals surface area (Å²) >= 11 is 0. The molecule has 1 saturated heterocycles. The van der Waals surface area contributed by atoms with E-state index in [9.17, 15) is 4.79 Å². The second-order valence-corrected chi connectivity index (χ2v) is 6.80. The van der Waals surface area contributed by atoms with Crippen molar-refractivity contribution in [3.05, 3.63) is 47.5 Å². The number of aromatic amines is 1. The highest BCUT2D eigenvalue weighted by molar-refractivity contribution is 5.92. The molecule has 0 bridgehead atoms. The maximum Gasteiger partial charge on any atom is 0.274 e. The Morgan fingerprint density at radius 3 is 2.83 bits per heavy atom. The third-order valence-corrected chi connectivity index (χ3v) is 5.08. The van der Waals surface area contributed by atoms with E-state index in [-0.39, 0.29) is 11.8 Å². The zero-order valence-electron chi connectivity index (χ0n) is 13.8. The Bertz CT molecular complexity index is 711. The zero-order valence-corrected chi connectivity index (χ0v) is 13.8. The summed E-state index contributed by atoms with van der Waals surface area (Å²) in [7, 11) is 1.71. The van der Waals surface area contributed by atoms with Crippen LogP contribution in [0, 0.1) is 5.92 Å². The molecule has 2 fully saturated rings. The first-order valence-corrected chi connectivity index (χ1v) is 8.49. The molecule has 0 spiro atoms. The van der Waals surface area contributed by atoms with Crippen molar-refractivity contribution in [1.82, 2.24) is 20.1 Å². The van der Waals surface area contributed by atoms with Crippen molar-refractivity contribution in [3.8, 4) is 0 Å². The molecule has 2 aliphatic rings. The Morgan fingerprint density at radius 1 is 1.33 bits per heavy atom. The standard InChI is InChI=1S/C18H22N4O2/c1-24-11-14-9-22(10-15(14)12-4-6-19-7-5-12)18(23)17-8-16(20-21-17)13-2-3-13/h4-8,13-15H,2-3,9-11H2,1H3,(H,20,21)/t14-,15-/m0/s1. The summed E-state index contributed by atoms with van der Waals surface area (Å²) in [5.74, 6) is 1.15. The van der Waals surface area contributed by atoms with Crippen molar-refractivity contribution in [1.29, 1.82) is 0 Å². The Hall–Kier alpha value is -2.21. The van der Waals surface area contributed by atoms with Crippen molar-refractivity contribution in [2.75, 3.05) is 26.8 Å². The maximum absolute atomic E-state index is 12.8. The van der Waals surface area contributed by atoms with E-state index >= 15 is 0 Å². The van der Waals surface area contributed by atoms with Crippen LogP contribution in [0.15, 0.2) is 30.6 Å². The summed E-state index contributed by atoms with van der Waals surface area (Å²) in [5, 5.41) is 7.25. The van der Waals surface area contributed by atoms with Gasteiger partial charge in [0.1, 0.15) is 5.69 Å². The van der Waals surface area contributed by atoms with E-state index in [0.29, 0.717) is 37.2 Å². The first-order valence-electron chi connectivity index (χ1n) is 8.49. The minimum atomic E-state index is 0.0100. The van der Waals surface area contributed by atoms with Crippen molar-refractivity contribution in [2.45, 2.75) is 24.7 Å². The molecule has 4 rings (SSSR count). The number of hydrogen-bond donors (Lipinski definition) is 1. The van der Waals surface area contributed by atoms with E-state index in [1.165, 1.54) is 18.4 Å². The molecule has 24 heavy (non-hydrogen) atoms. The van der Waals surface area contributed by atoms with E-state index in [1.54, 1.807) is 19.5 Å². The molecule has 2 atom stereocenters. The number of carbonyl (C=O) groups is 1. The van der Waals surface area contributed by atoms with Crippen LogP contribution in [0.25, 0.3) is 0 Å². The van der Waals surface area contributed by atoms with Crippen LogP contribution in [-0.4, -0.2) is 52.8 Å². The predicted octanol–water partition coefficient (Wildman–Crippen LogP) is 2.18. The topological polar surface area (TPSA) is 71.1 Å². The molecular weight excluding hydrogens is 304 g/mol. The van der Waals surface area contributed by atoms with Gasteiger partial charge in [-0.3, -0.25) is 14.9 Å². The first kappa shape index (κ1) is 15.3. The van der Waals surface area contributed by atoms with Crippen molar-refractivity contribution in [3.63, 3.8) is 0 Å². The number of methoxy groups -OCH3 is 1. The summed E-state index contributed by atoms with van der Waals surface area (Å²) < 4.78 is 5.38. The number of H-pyrrole nitrogens is 1. The summed E-state index contributed by atoms with van der Waals surface area (Å²) in [6.07, 6.45) is 6.00. The molecular formula is C18H22N4O2. The van der Waals surface area contributed by atoms with Gasteiger partial charge in [0.05, 0.1) is 6.61 Å². The number of rotatable bonds is 5. The van der Waals surface area contributed by atoms with Gasteiger partial charge in [0, 0.05) is 56.0 Å². The quantitative estimate of drug-likeness (QED) is 0.914. The summed E-state index contributed by atoms with van der Waals surface area (Å²) in [5.41, 5.74) is 2.84. The lowest BCUT2D eigenvalue weighted by atomic mass is 9.90. The molecule has 126 valence electrons. The highest BCUT2D eigenvalue weighted by Crippen LogP contribution is 2.39. The smallest absolute Gasteiger partial charge is 0.274 e. The van der Waals surface area contributed by atoms with E-state index in [2.05, 4.69) is 15.2 Å². The molecule has 6 heteroatoms. The van der Waals surface area contributed by atoms with Crippen LogP contribution in [0.5, 0.6) is 0 Å². The lowest BCUT2D eigenvalue weighted by molar-refractivity contribution is 0.0769. The fourth-order valence-electron chi connectivity index (χ4n) is 3.62. The third-order valence-electron chi connectivity index (χ3n) is 5.08. The van der Waals surface area contributed by atoms with Crippen LogP contribution in [-0.2, 0) is 4.74 Å². The molecule has 1 aliphatic carbocycles. The Kier molecular flexibility index (Phi) is 4.06.